The van der Waals surface area contributed by atoms with E-state index >= 15 is 0 Å². The number of nitrogens with zero attached hydrogens (tertiary/aromatic N) is 1. The van der Waals surface area contributed by atoms with Gasteiger partial charge in [-0.05, 0) is 45.9 Å². The van der Waals surface area contributed by atoms with Gasteiger partial charge in [0, 0.05) is 22.8 Å². The Morgan fingerprint density at radius 2 is 1.71 bits per heavy atom. The van der Waals surface area contributed by atoms with Crippen LogP contribution in [0.3, 0.4) is 0 Å². The van der Waals surface area contributed by atoms with Gasteiger partial charge in [0.2, 0.25) is 5.91 Å². The van der Waals surface area contributed by atoms with E-state index in [0.29, 0.717) is 11.9 Å². The lowest BCUT2D eigenvalue weighted by atomic mass is 9.96. The molecule has 0 aliphatic rings. The molecule has 0 spiro atoms. The van der Waals surface area contributed by atoms with Crippen LogP contribution >= 0.6 is 22.6 Å². The maximum absolute atomic E-state index is 11.9. The molecule has 0 unspecified atom stereocenters. The van der Waals surface area contributed by atoms with Crippen LogP contribution in [0.5, 0.6) is 0 Å². The van der Waals surface area contributed by atoms with E-state index in [2.05, 4.69) is 33.1 Å². The molecule has 2 aromatic carbocycles. The highest BCUT2D eigenvalue weighted by Gasteiger charge is 2.07. The van der Waals surface area contributed by atoms with Gasteiger partial charge in [-0.3, -0.25) is 9.59 Å². The second-order valence-electron chi connectivity index (χ2n) is 5.30. The van der Waals surface area contributed by atoms with Crippen LogP contribution < -0.4 is 10.9 Å². The zero-order chi connectivity index (χ0) is 17.4. The second kappa shape index (κ2) is 9.37. The summed E-state index contributed by atoms with van der Waals surface area (Å²) in [5, 5.41) is 3.87. The Morgan fingerprint density at radius 3 is 2.38 bits per heavy atom. The summed E-state index contributed by atoms with van der Waals surface area (Å²) in [7, 11) is 5.59. The van der Waals surface area contributed by atoms with Gasteiger partial charge in [-0.1, -0.05) is 41.9 Å². The molecule has 1 N–H and O–H groups in total. The third-order valence-corrected chi connectivity index (χ3v) is 4.00. The average Bonchev–Trinajstić information content (AvgIpc) is 2.57. The van der Waals surface area contributed by atoms with Crippen molar-refractivity contribution in [1.29, 1.82) is 0 Å². The van der Waals surface area contributed by atoms with E-state index in [-0.39, 0.29) is 24.5 Å². The van der Waals surface area contributed by atoms with E-state index < -0.39 is 0 Å². The minimum Gasteiger partial charge on any atom is -0.299 e. The topological polar surface area (TPSA) is 58.5 Å². The summed E-state index contributed by atoms with van der Waals surface area (Å²) in [6, 6.07) is 14.9. The van der Waals surface area contributed by atoms with Crippen molar-refractivity contribution in [3.8, 4) is 0 Å². The molecular weight excluding hydrogens is 414 g/mol. The van der Waals surface area contributed by atoms with Crippen molar-refractivity contribution in [2.75, 3.05) is 0 Å². The highest BCUT2D eigenvalue weighted by Crippen LogP contribution is 2.08. The van der Waals surface area contributed by atoms with Crippen molar-refractivity contribution < 1.29 is 9.59 Å². The fraction of sp³-hybridized carbons (Fsp3) is 0.167. The lowest BCUT2D eigenvalue weighted by Crippen LogP contribution is -2.19. The largest absolute Gasteiger partial charge is 0.299 e. The van der Waals surface area contributed by atoms with Crippen molar-refractivity contribution in [2.24, 2.45) is 5.10 Å². The van der Waals surface area contributed by atoms with E-state index in [1.165, 1.54) is 6.21 Å². The number of ketones is 1. The SMILES string of the molecule is [B]c1ccc(/C=N/NC(=O)CCC(=O)Cc2ccc(I)cc2)cc1. The highest BCUT2D eigenvalue weighted by molar-refractivity contribution is 14.1. The minimum absolute atomic E-state index is 0.0360. The first-order valence-electron chi connectivity index (χ1n) is 7.46. The van der Waals surface area contributed by atoms with Crippen LogP contribution in [0.15, 0.2) is 53.6 Å². The predicted molar refractivity (Wildman–Crippen MR) is 105 cm³/mol. The highest BCUT2D eigenvalue weighted by atomic mass is 127. The number of nitrogens with one attached hydrogen (secondary N) is 1. The van der Waals surface area contributed by atoms with Gasteiger partial charge in [0.25, 0.3) is 0 Å². The predicted octanol–water partition coefficient (Wildman–Crippen LogP) is 2.13. The molecule has 2 aromatic rings. The molecule has 4 nitrogen and oxygen atoms in total. The summed E-state index contributed by atoms with van der Waals surface area (Å²) in [5.41, 5.74) is 4.88. The number of carbonyl (C=O) groups excluding carboxylic acids is 2. The molecule has 0 atom stereocenters. The molecule has 2 radical (unpaired) electrons. The molecule has 0 aliphatic carbocycles. The zero-order valence-corrected chi connectivity index (χ0v) is 15.2. The fourth-order valence-electron chi connectivity index (χ4n) is 1.99. The summed E-state index contributed by atoms with van der Waals surface area (Å²) in [5.74, 6) is -0.244. The van der Waals surface area contributed by atoms with Crippen LogP contribution in [0.25, 0.3) is 0 Å². The Labute approximate surface area is 156 Å². The summed E-state index contributed by atoms with van der Waals surface area (Å²) >= 11 is 2.22. The van der Waals surface area contributed by atoms with Crippen LogP contribution in [0.2, 0.25) is 0 Å². The molecule has 0 heterocycles. The van der Waals surface area contributed by atoms with Crippen LogP contribution in [-0.4, -0.2) is 25.8 Å². The van der Waals surface area contributed by atoms with Gasteiger partial charge in [0.05, 0.1) is 6.21 Å². The maximum atomic E-state index is 11.9. The van der Waals surface area contributed by atoms with Crippen molar-refractivity contribution >= 4 is 53.8 Å². The summed E-state index contributed by atoms with van der Waals surface area (Å²) in [6.07, 6.45) is 2.21. The number of halogens is 1. The fourth-order valence-corrected chi connectivity index (χ4v) is 2.35. The Morgan fingerprint density at radius 1 is 1.04 bits per heavy atom. The Balaban J connectivity index is 1.71. The monoisotopic (exact) mass is 430 g/mol. The van der Waals surface area contributed by atoms with Crippen LogP contribution in [0.1, 0.15) is 24.0 Å². The van der Waals surface area contributed by atoms with Crippen LogP contribution in [0.4, 0.5) is 0 Å². The third-order valence-electron chi connectivity index (χ3n) is 3.28. The Bertz CT molecular complexity index is 728. The molecule has 6 heteroatoms. The van der Waals surface area contributed by atoms with Gasteiger partial charge in [0.15, 0.2) is 0 Å². The van der Waals surface area contributed by atoms with E-state index in [9.17, 15) is 9.59 Å². The maximum Gasteiger partial charge on any atom is 0.240 e. The van der Waals surface area contributed by atoms with Gasteiger partial charge in [-0.2, -0.15) is 5.10 Å². The van der Waals surface area contributed by atoms with Crippen molar-refractivity contribution in [3.05, 3.63) is 63.2 Å². The molecular formula is C18H16BIN2O2. The smallest absolute Gasteiger partial charge is 0.240 e. The van der Waals surface area contributed by atoms with Crippen molar-refractivity contribution in [2.45, 2.75) is 19.3 Å². The Hall–Kier alpha value is -1.96. The first kappa shape index (κ1) is 18.4. The molecule has 1 amide bonds. The molecule has 0 saturated carbocycles. The number of carbonyl (C=O) groups is 2. The van der Waals surface area contributed by atoms with Gasteiger partial charge in [-0.15, -0.1) is 0 Å². The van der Waals surface area contributed by atoms with E-state index in [0.717, 1.165) is 14.7 Å². The number of hydrogen-bond donors (Lipinski definition) is 1. The molecule has 0 fully saturated rings. The van der Waals surface area contributed by atoms with Crippen molar-refractivity contribution in [1.82, 2.24) is 5.43 Å². The molecule has 0 aromatic heterocycles. The first-order valence-corrected chi connectivity index (χ1v) is 8.54. The number of hydrogen-bond acceptors (Lipinski definition) is 3. The molecule has 2 rings (SSSR count). The van der Waals surface area contributed by atoms with Gasteiger partial charge >= 0.3 is 0 Å². The number of amides is 1. The number of rotatable bonds is 7. The van der Waals surface area contributed by atoms with Crippen LogP contribution in [-0.2, 0) is 16.0 Å². The summed E-state index contributed by atoms with van der Waals surface area (Å²) in [6.45, 7) is 0. The molecule has 24 heavy (non-hydrogen) atoms. The van der Waals surface area contributed by atoms with E-state index in [4.69, 9.17) is 7.85 Å². The van der Waals surface area contributed by atoms with E-state index in [1.54, 1.807) is 24.3 Å². The van der Waals surface area contributed by atoms with Crippen molar-refractivity contribution in [3.63, 3.8) is 0 Å². The van der Waals surface area contributed by atoms with Gasteiger partial charge in [-0.25, -0.2) is 5.43 Å². The van der Waals surface area contributed by atoms with Gasteiger partial charge < -0.3 is 0 Å². The normalized spacial score (nSPS) is 10.7. The Kier molecular flexibility index (Phi) is 7.18. The molecule has 120 valence electrons. The zero-order valence-electron chi connectivity index (χ0n) is 13.0. The second-order valence-corrected chi connectivity index (χ2v) is 6.55. The molecule has 0 bridgehead atoms. The lowest BCUT2D eigenvalue weighted by Gasteiger charge is -2.02. The van der Waals surface area contributed by atoms with Crippen LogP contribution in [0, 0.1) is 3.57 Å². The number of Topliss-reactive ketones (excluding diaryl/α,β-unsaturated/α-hetero) is 1. The molecule has 0 saturated heterocycles. The summed E-state index contributed by atoms with van der Waals surface area (Å²) in [4.78, 5) is 23.6. The summed E-state index contributed by atoms with van der Waals surface area (Å²) < 4.78 is 1.13. The molecule has 0 aliphatic heterocycles. The standard InChI is InChI=1S/C18H16BIN2O2/c19-15-5-1-14(2-6-15)12-21-22-18(24)10-9-17(23)11-13-3-7-16(20)8-4-13/h1-8,12H,9-11H2,(H,22,24)/b21-12+. The van der Waals surface area contributed by atoms with E-state index in [1.807, 2.05) is 24.3 Å². The quantitative estimate of drug-likeness (QED) is 0.317. The lowest BCUT2D eigenvalue weighted by molar-refractivity contribution is -0.125. The number of hydrazone groups is 1. The third kappa shape index (κ3) is 6.66. The minimum atomic E-state index is -0.280. The van der Waals surface area contributed by atoms with Gasteiger partial charge in [0.1, 0.15) is 13.6 Å². The number of benzene rings is 2. The first-order chi connectivity index (χ1) is 11.5. The average molecular weight is 430 g/mol.